The lowest BCUT2D eigenvalue weighted by Crippen LogP contribution is -2.23. The molecule has 1 heterocycles. The quantitative estimate of drug-likeness (QED) is 0.712. The van der Waals surface area contributed by atoms with E-state index in [0.29, 0.717) is 0 Å². The van der Waals surface area contributed by atoms with E-state index in [-0.39, 0.29) is 0 Å². The molecule has 0 fully saturated rings. The molecule has 0 bridgehead atoms. The van der Waals surface area contributed by atoms with E-state index in [0.717, 1.165) is 12.5 Å². The molecule has 0 amide bonds. The van der Waals surface area contributed by atoms with Crippen LogP contribution < -0.4 is 0 Å². The Hall–Kier alpha value is -0.890. The average molecular weight is 192 g/mol. The van der Waals surface area contributed by atoms with Crippen molar-refractivity contribution in [1.82, 2.24) is 9.88 Å². The molecule has 14 heavy (non-hydrogen) atoms. The van der Waals surface area contributed by atoms with Gasteiger partial charge in [0.2, 0.25) is 0 Å². The maximum Gasteiger partial charge on any atom is 0.0271 e. The van der Waals surface area contributed by atoms with Crippen molar-refractivity contribution in [3.63, 3.8) is 0 Å². The zero-order chi connectivity index (χ0) is 10.4. The maximum absolute atomic E-state index is 4.01. The second-order valence-corrected chi connectivity index (χ2v) is 4.07. The Labute approximate surface area is 87.0 Å². The molecule has 2 nitrogen and oxygen atoms in total. The van der Waals surface area contributed by atoms with Crippen LogP contribution in [0.3, 0.4) is 0 Å². The highest BCUT2D eigenvalue weighted by molar-refractivity contribution is 5.09. The highest BCUT2D eigenvalue weighted by Gasteiger charge is 2.04. The Morgan fingerprint density at radius 3 is 2.57 bits per heavy atom. The summed E-state index contributed by atoms with van der Waals surface area (Å²) in [6, 6.07) is 4.15. The van der Waals surface area contributed by atoms with E-state index < -0.39 is 0 Å². The standard InChI is InChI=1S/C12H20N2/c1-4-11(2)9-14(3)10-12-5-7-13-8-6-12/h5-8,11H,4,9-10H2,1-3H3. The Bertz CT molecular complexity index is 246. The number of hydrogen-bond donors (Lipinski definition) is 0. The van der Waals surface area contributed by atoms with Gasteiger partial charge in [-0.2, -0.15) is 0 Å². The van der Waals surface area contributed by atoms with Gasteiger partial charge in [0.1, 0.15) is 0 Å². The summed E-state index contributed by atoms with van der Waals surface area (Å²) < 4.78 is 0. The fourth-order valence-corrected chi connectivity index (χ4v) is 1.53. The fourth-order valence-electron chi connectivity index (χ4n) is 1.53. The molecular weight excluding hydrogens is 172 g/mol. The largest absolute Gasteiger partial charge is 0.302 e. The van der Waals surface area contributed by atoms with Crippen molar-refractivity contribution >= 4 is 0 Å². The van der Waals surface area contributed by atoms with Crippen molar-refractivity contribution in [2.24, 2.45) is 5.92 Å². The molecule has 1 atom stereocenters. The molecule has 0 aliphatic rings. The van der Waals surface area contributed by atoms with Crippen molar-refractivity contribution in [1.29, 1.82) is 0 Å². The van der Waals surface area contributed by atoms with Crippen LogP contribution in [0.15, 0.2) is 24.5 Å². The molecule has 78 valence electrons. The summed E-state index contributed by atoms with van der Waals surface area (Å²) in [7, 11) is 2.17. The first-order chi connectivity index (χ1) is 6.72. The van der Waals surface area contributed by atoms with Gasteiger partial charge in [-0.25, -0.2) is 0 Å². The molecular formula is C12H20N2. The van der Waals surface area contributed by atoms with E-state index in [1.54, 1.807) is 0 Å². The van der Waals surface area contributed by atoms with Gasteiger partial charge in [-0.3, -0.25) is 4.98 Å². The van der Waals surface area contributed by atoms with Crippen LogP contribution in [0.5, 0.6) is 0 Å². The molecule has 2 heteroatoms. The molecule has 0 saturated carbocycles. The zero-order valence-electron chi connectivity index (χ0n) is 9.40. The molecule has 1 rings (SSSR count). The first-order valence-electron chi connectivity index (χ1n) is 5.29. The fraction of sp³-hybridized carbons (Fsp3) is 0.583. The van der Waals surface area contributed by atoms with E-state index >= 15 is 0 Å². The van der Waals surface area contributed by atoms with Gasteiger partial charge in [-0.15, -0.1) is 0 Å². The Morgan fingerprint density at radius 2 is 2.00 bits per heavy atom. The van der Waals surface area contributed by atoms with Gasteiger partial charge in [-0.05, 0) is 30.7 Å². The third-order valence-electron chi connectivity index (χ3n) is 2.52. The normalized spacial score (nSPS) is 13.1. The number of nitrogens with zero attached hydrogens (tertiary/aromatic N) is 2. The second-order valence-electron chi connectivity index (χ2n) is 4.07. The molecule has 1 aromatic heterocycles. The van der Waals surface area contributed by atoms with Crippen LogP contribution in [0.2, 0.25) is 0 Å². The maximum atomic E-state index is 4.01. The first-order valence-corrected chi connectivity index (χ1v) is 5.29. The van der Waals surface area contributed by atoms with Crippen molar-refractivity contribution in [3.8, 4) is 0 Å². The Balaban J connectivity index is 2.37. The van der Waals surface area contributed by atoms with Gasteiger partial charge in [0.05, 0.1) is 0 Å². The molecule has 0 aliphatic carbocycles. The molecule has 0 radical (unpaired) electrons. The van der Waals surface area contributed by atoms with Crippen LogP contribution >= 0.6 is 0 Å². The predicted molar refractivity (Wildman–Crippen MR) is 60.0 cm³/mol. The van der Waals surface area contributed by atoms with Crippen molar-refractivity contribution in [2.75, 3.05) is 13.6 Å². The zero-order valence-corrected chi connectivity index (χ0v) is 9.40. The summed E-state index contributed by atoms with van der Waals surface area (Å²) in [5.74, 6) is 0.779. The smallest absolute Gasteiger partial charge is 0.0271 e. The van der Waals surface area contributed by atoms with Crippen molar-refractivity contribution in [3.05, 3.63) is 30.1 Å². The minimum absolute atomic E-state index is 0.779. The molecule has 1 unspecified atom stereocenters. The number of rotatable bonds is 5. The van der Waals surface area contributed by atoms with Crippen LogP contribution in [0.25, 0.3) is 0 Å². The minimum atomic E-state index is 0.779. The predicted octanol–water partition coefficient (Wildman–Crippen LogP) is 2.56. The topological polar surface area (TPSA) is 16.1 Å². The summed E-state index contributed by atoms with van der Waals surface area (Å²) in [5, 5.41) is 0. The van der Waals surface area contributed by atoms with Crippen LogP contribution in [0.1, 0.15) is 25.8 Å². The monoisotopic (exact) mass is 192 g/mol. The van der Waals surface area contributed by atoms with E-state index in [4.69, 9.17) is 0 Å². The van der Waals surface area contributed by atoms with E-state index in [2.05, 4.69) is 42.9 Å². The van der Waals surface area contributed by atoms with E-state index in [1.165, 1.54) is 18.5 Å². The van der Waals surface area contributed by atoms with Gasteiger partial charge in [0.15, 0.2) is 0 Å². The van der Waals surface area contributed by atoms with E-state index in [1.807, 2.05) is 12.4 Å². The van der Waals surface area contributed by atoms with Gasteiger partial charge in [0, 0.05) is 25.5 Å². The van der Waals surface area contributed by atoms with Gasteiger partial charge >= 0.3 is 0 Å². The third-order valence-corrected chi connectivity index (χ3v) is 2.52. The summed E-state index contributed by atoms with van der Waals surface area (Å²) in [6.45, 7) is 6.72. The first kappa shape index (κ1) is 11.2. The Morgan fingerprint density at radius 1 is 1.36 bits per heavy atom. The lowest BCUT2D eigenvalue weighted by molar-refractivity contribution is 0.275. The summed E-state index contributed by atoms with van der Waals surface area (Å²) >= 11 is 0. The van der Waals surface area contributed by atoms with Gasteiger partial charge in [0.25, 0.3) is 0 Å². The summed E-state index contributed by atoms with van der Waals surface area (Å²) in [4.78, 5) is 6.38. The molecule has 0 spiro atoms. The number of hydrogen-bond acceptors (Lipinski definition) is 2. The lowest BCUT2D eigenvalue weighted by Gasteiger charge is -2.20. The van der Waals surface area contributed by atoms with Crippen LogP contribution in [-0.2, 0) is 6.54 Å². The highest BCUT2D eigenvalue weighted by Crippen LogP contribution is 2.06. The molecule has 1 aromatic rings. The molecule has 0 saturated heterocycles. The van der Waals surface area contributed by atoms with Crippen molar-refractivity contribution < 1.29 is 0 Å². The van der Waals surface area contributed by atoms with Crippen LogP contribution in [0.4, 0.5) is 0 Å². The molecule has 0 N–H and O–H groups in total. The SMILES string of the molecule is CCC(C)CN(C)Cc1ccncc1. The summed E-state index contributed by atoms with van der Waals surface area (Å²) in [5.41, 5.74) is 1.34. The average Bonchev–Trinajstić information content (AvgIpc) is 2.19. The van der Waals surface area contributed by atoms with E-state index in [9.17, 15) is 0 Å². The highest BCUT2D eigenvalue weighted by atomic mass is 15.1. The Kier molecular flexibility index (Phi) is 4.60. The second kappa shape index (κ2) is 5.76. The number of pyridine rings is 1. The van der Waals surface area contributed by atoms with Crippen molar-refractivity contribution in [2.45, 2.75) is 26.8 Å². The van der Waals surface area contributed by atoms with Gasteiger partial charge < -0.3 is 4.90 Å². The molecule has 0 aromatic carbocycles. The molecule has 0 aliphatic heterocycles. The minimum Gasteiger partial charge on any atom is -0.302 e. The lowest BCUT2D eigenvalue weighted by atomic mass is 10.1. The third kappa shape index (κ3) is 3.88. The van der Waals surface area contributed by atoms with Gasteiger partial charge in [-0.1, -0.05) is 20.3 Å². The number of aromatic nitrogens is 1. The summed E-state index contributed by atoms with van der Waals surface area (Å²) in [6.07, 6.45) is 4.96. The van der Waals surface area contributed by atoms with Crippen LogP contribution in [-0.4, -0.2) is 23.5 Å². The van der Waals surface area contributed by atoms with Crippen LogP contribution in [0, 0.1) is 5.92 Å².